The minimum absolute atomic E-state index is 0.105. The Balaban J connectivity index is 5.22. The number of phosphoric ester groups is 2. The number of hydrogen-bond acceptors (Lipinski definition) is 15. The molecule has 0 fully saturated rings. The Morgan fingerprint density at radius 1 is 0.281 bits per heavy atom. The summed E-state index contributed by atoms with van der Waals surface area (Å²) in [5, 5.41) is 10.6. The van der Waals surface area contributed by atoms with E-state index in [1.54, 1.807) is 0 Å². The second-order valence-corrected chi connectivity index (χ2v) is 31.6. The van der Waals surface area contributed by atoms with Crippen LogP contribution in [0, 0.1) is 11.8 Å². The van der Waals surface area contributed by atoms with Gasteiger partial charge in [-0.2, -0.15) is 0 Å². The van der Waals surface area contributed by atoms with E-state index in [9.17, 15) is 43.2 Å². The number of phosphoric acid groups is 2. The highest BCUT2D eigenvalue weighted by Gasteiger charge is 2.30. The lowest BCUT2D eigenvalue weighted by Gasteiger charge is -2.21. The predicted octanol–water partition coefficient (Wildman–Crippen LogP) is 22.7. The summed E-state index contributed by atoms with van der Waals surface area (Å²) in [5.41, 5.74) is 0. The lowest BCUT2D eigenvalue weighted by molar-refractivity contribution is -0.161. The molecule has 0 aromatic heterocycles. The first-order chi connectivity index (χ1) is 46.4. The van der Waals surface area contributed by atoms with Crippen molar-refractivity contribution in [2.75, 3.05) is 39.6 Å². The van der Waals surface area contributed by atoms with E-state index in [0.717, 1.165) is 102 Å². The normalized spacial score (nSPS) is 14.0. The molecule has 2 unspecified atom stereocenters. The average Bonchev–Trinajstić information content (AvgIpc) is 1.68. The Kier molecular flexibility index (Phi) is 67.4. The third-order valence-corrected chi connectivity index (χ3v) is 19.9. The summed E-state index contributed by atoms with van der Waals surface area (Å²) < 4.78 is 68.5. The van der Waals surface area contributed by atoms with Crippen LogP contribution in [-0.2, 0) is 65.4 Å². The first-order valence-electron chi connectivity index (χ1n) is 40.0. The molecule has 0 heterocycles. The second-order valence-electron chi connectivity index (χ2n) is 28.7. The molecular formula is C77H150O17P2. The SMILES string of the molecule is CCCCCCCCCCCCCCCCCCCCCC(=O)O[C@H](COC(=O)CCCCCCCCCCCCCCCC(C)C)COP(=O)(O)OC[C@@H](O)COP(=O)(O)OC[C@@H](COC(=O)CCCCCCCCCCC)OC(=O)CCCCCCCCCCCC(C)C. The Morgan fingerprint density at radius 2 is 0.479 bits per heavy atom. The number of rotatable bonds is 76. The summed E-state index contributed by atoms with van der Waals surface area (Å²) in [5.74, 6) is -0.588. The molecule has 0 bridgehead atoms. The van der Waals surface area contributed by atoms with Crippen molar-refractivity contribution in [2.45, 2.75) is 419 Å². The maximum absolute atomic E-state index is 13.1. The number of aliphatic hydroxyl groups is 1. The van der Waals surface area contributed by atoms with Crippen LogP contribution in [-0.4, -0.2) is 96.7 Å². The molecule has 0 aliphatic rings. The highest BCUT2D eigenvalue weighted by atomic mass is 31.2. The number of hydrogen-bond donors (Lipinski definition) is 3. The standard InChI is InChI=1S/C77H150O17P2/c1-7-9-11-13-15-17-18-19-20-21-22-23-24-27-31-37-43-49-55-61-76(81)93-73(66-88-75(80)60-54-48-42-36-30-28-25-26-29-34-39-45-51-57-69(3)4)68-92-96(85,86)90-64-71(78)63-89-95(83,84)91-67-72(65-87-74(79)59-53-47-41-33-16-14-12-10-8-2)94-77(82)62-56-50-44-38-32-35-40-46-52-58-70(5)6/h69-73,78H,7-68H2,1-6H3,(H,83,84)(H,85,86)/t71-,72+,73+/m0/s1. The van der Waals surface area contributed by atoms with Gasteiger partial charge in [-0.1, -0.05) is 350 Å². The maximum Gasteiger partial charge on any atom is 0.472 e. The molecule has 0 amide bonds. The molecule has 0 rings (SSSR count). The fourth-order valence-electron chi connectivity index (χ4n) is 11.8. The Hall–Kier alpha value is -1.94. The Bertz CT molecular complexity index is 1860. The summed E-state index contributed by atoms with van der Waals surface area (Å²) in [6, 6.07) is 0. The zero-order chi connectivity index (χ0) is 70.7. The highest BCUT2D eigenvalue weighted by Crippen LogP contribution is 2.45. The number of carbonyl (C=O) groups excluding carboxylic acids is 4. The zero-order valence-electron chi connectivity index (χ0n) is 62.7. The summed E-state index contributed by atoms with van der Waals surface area (Å²) >= 11 is 0. The van der Waals surface area contributed by atoms with E-state index in [4.69, 9.17) is 37.0 Å². The van der Waals surface area contributed by atoms with Gasteiger partial charge in [-0.05, 0) is 37.5 Å². The molecule has 0 saturated carbocycles. The summed E-state index contributed by atoms with van der Waals surface area (Å²) in [4.78, 5) is 72.8. The molecule has 3 N–H and O–H groups in total. The number of unbranched alkanes of at least 4 members (excludes halogenated alkanes) is 46. The smallest absolute Gasteiger partial charge is 0.462 e. The van der Waals surface area contributed by atoms with Gasteiger partial charge in [-0.3, -0.25) is 37.3 Å². The van der Waals surface area contributed by atoms with Crippen LogP contribution in [0.5, 0.6) is 0 Å². The second kappa shape index (κ2) is 68.8. The first-order valence-corrected chi connectivity index (χ1v) is 43.0. The largest absolute Gasteiger partial charge is 0.472 e. The van der Waals surface area contributed by atoms with Gasteiger partial charge in [0.25, 0.3) is 0 Å². The van der Waals surface area contributed by atoms with Crippen LogP contribution in [0.25, 0.3) is 0 Å². The molecule has 19 heteroatoms. The van der Waals surface area contributed by atoms with Crippen molar-refractivity contribution in [3.63, 3.8) is 0 Å². The third-order valence-electron chi connectivity index (χ3n) is 18.0. The van der Waals surface area contributed by atoms with Gasteiger partial charge in [0.05, 0.1) is 26.4 Å². The van der Waals surface area contributed by atoms with Crippen LogP contribution in [0.2, 0.25) is 0 Å². The van der Waals surface area contributed by atoms with E-state index in [1.807, 2.05) is 0 Å². The van der Waals surface area contributed by atoms with Crippen molar-refractivity contribution in [1.82, 2.24) is 0 Å². The lowest BCUT2D eigenvalue weighted by Crippen LogP contribution is -2.30. The quantitative estimate of drug-likeness (QED) is 0.0222. The average molecular weight is 1410 g/mol. The van der Waals surface area contributed by atoms with Gasteiger partial charge in [0.15, 0.2) is 12.2 Å². The van der Waals surface area contributed by atoms with Crippen molar-refractivity contribution in [3.05, 3.63) is 0 Å². The van der Waals surface area contributed by atoms with Gasteiger partial charge in [0, 0.05) is 25.7 Å². The van der Waals surface area contributed by atoms with Gasteiger partial charge < -0.3 is 33.8 Å². The zero-order valence-corrected chi connectivity index (χ0v) is 64.5. The van der Waals surface area contributed by atoms with Gasteiger partial charge in [-0.25, -0.2) is 9.13 Å². The summed E-state index contributed by atoms with van der Waals surface area (Å²) in [6.45, 7) is 9.58. The van der Waals surface area contributed by atoms with E-state index >= 15 is 0 Å². The molecule has 0 aromatic rings. The molecule has 0 aromatic carbocycles. The van der Waals surface area contributed by atoms with Crippen molar-refractivity contribution in [1.29, 1.82) is 0 Å². The first kappa shape index (κ1) is 94.1. The minimum Gasteiger partial charge on any atom is -0.462 e. The Morgan fingerprint density at radius 3 is 0.708 bits per heavy atom. The van der Waals surface area contributed by atoms with Crippen molar-refractivity contribution < 1.29 is 80.2 Å². The molecule has 96 heavy (non-hydrogen) atoms. The van der Waals surface area contributed by atoms with Crippen LogP contribution < -0.4 is 0 Å². The summed E-state index contributed by atoms with van der Waals surface area (Å²) in [6.07, 6.45) is 56.9. The van der Waals surface area contributed by atoms with Crippen LogP contribution in [0.4, 0.5) is 0 Å². The molecule has 0 radical (unpaired) electrons. The Labute approximate surface area is 588 Å². The van der Waals surface area contributed by atoms with Crippen LogP contribution in [0.15, 0.2) is 0 Å². The number of carbonyl (C=O) groups is 4. The van der Waals surface area contributed by atoms with E-state index in [0.29, 0.717) is 25.7 Å². The number of aliphatic hydroxyl groups excluding tert-OH is 1. The third kappa shape index (κ3) is 70.5. The topological polar surface area (TPSA) is 237 Å². The van der Waals surface area contributed by atoms with Gasteiger partial charge in [0.1, 0.15) is 19.3 Å². The fraction of sp³-hybridized carbons (Fsp3) is 0.948. The molecule has 0 aliphatic heterocycles. The van der Waals surface area contributed by atoms with Crippen LogP contribution >= 0.6 is 15.6 Å². The minimum atomic E-state index is -4.96. The van der Waals surface area contributed by atoms with Crippen LogP contribution in [0.3, 0.4) is 0 Å². The molecule has 5 atom stereocenters. The maximum atomic E-state index is 13.1. The van der Waals surface area contributed by atoms with E-state index in [-0.39, 0.29) is 25.7 Å². The molecule has 17 nitrogen and oxygen atoms in total. The molecule has 570 valence electrons. The predicted molar refractivity (Wildman–Crippen MR) is 391 cm³/mol. The molecule has 0 spiro atoms. The van der Waals surface area contributed by atoms with Crippen molar-refractivity contribution in [3.8, 4) is 0 Å². The molecule has 0 saturated heterocycles. The highest BCUT2D eigenvalue weighted by molar-refractivity contribution is 7.47. The number of esters is 4. The van der Waals surface area contributed by atoms with Crippen molar-refractivity contribution >= 4 is 39.5 Å². The van der Waals surface area contributed by atoms with E-state index < -0.39 is 97.5 Å². The van der Waals surface area contributed by atoms with Crippen LogP contribution in [0.1, 0.15) is 401 Å². The molecular weight excluding hydrogens is 1260 g/mol. The number of ether oxygens (including phenoxy) is 4. The van der Waals surface area contributed by atoms with Crippen molar-refractivity contribution in [2.24, 2.45) is 11.8 Å². The van der Waals surface area contributed by atoms with E-state index in [1.165, 1.54) is 218 Å². The monoisotopic (exact) mass is 1410 g/mol. The van der Waals surface area contributed by atoms with E-state index in [2.05, 4.69) is 41.5 Å². The fourth-order valence-corrected chi connectivity index (χ4v) is 13.4. The molecule has 0 aliphatic carbocycles. The summed E-state index contributed by atoms with van der Waals surface area (Å²) in [7, 11) is -9.91. The van der Waals surface area contributed by atoms with Gasteiger partial charge in [0.2, 0.25) is 0 Å². The van der Waals surface area contributed by atoms with Gasteiger partial charge in [-0.15, -0.1) is 0 Å². The van der Waals surface area contributed by atoms with Gasteiger partial charge >= 0.3 is 39.5 Å². The lowest BCUT2D eigenvalue weighted by atomic mass is 10.0.